The second-order valence-electron chi connectivity index (χ2n) is 4.15. The first-order valence-electron chi connectivity index (χ1n) is 5.49. The van der Waals surface area contributed by atoms with Crippen LogP contribution in [0.15, 0.2) is 18.2 Å². The molecule has 1 aromatic carbocycles. The van der Waals surface area contributed by atoms with Gasteiger partial charge in [-0.15, -0.1) is 0 Å². The number of alkyl halides is 5. The lowest BCUT2D eigenvalue weighted by Crippen LogP contribution is -2.44. The maximum Gasteiger partial charge on any atom is 0.461 e. The molecule has 1 aliphatic heterocycles. The Bertz CT molecular complexity index is 507. The van der Waals surface area contributed by atoms with Gasteiger partial charge in [0.2, 0.25) is 5.78 Å². The Morgan fingerprint density at radius 1 is 1.16 bits per heavy atom. The number of para-hydroxylation sites is 1. The number of carbonyl (C=O) groups is 1. The van der Waals surface area contributed by atoms with Gasteiger partial charge in [0, 0.05) is 0 Å². The largest absolute Gasteiger partial charge is 0.493 e. The van der Waals surface area contributed by atoms with Gasteiger partial charge in [0.25, 0.3) is 0 Å². The molecule has 0 saturated carbocycles. The summed E-state index contributed by atoms with van der Waals surface area (Å²) in [5, 5.41) is 0. The summed E-state index contributed by atoms with van der Waals surface area (Å²) in [6.07, 6.45) is -4.81. The van der Waals surface area contributed by atoms with Crippen molar-refractivity contribution < 1.29 is 31.5 Å². The van der Waals surface area contributed by atoms with Crippen LogP contribution in [0.5, 0.6) is 5.75 Å². The number of fused-ring (bicyclic) bond motifs is 1. The van der Waals surface area contributed by atoms with E-state index in [4.69, 9.17) is 4.74 Å². The second kappa shape index (κ2) is 4.47. The average Bonchev–Trinajstić information content (AvgIpc) is 2.36. The Morgan fingerprint density at radius 2 is 1.84 bits per heavy atom. The number of rotatable bonds is 2. The van der Waals surface area contributed by atoms with Crippen molar-refractivity contribution in [1.29, 1.82) is 0 Å². The summed E-state index contributed by atoms with van der Waals surface area (Å²) in [6.45, 7) is 0.189. The minimum absolute atomic E-state index is 0.164. The van der Waals surface area contributed by atoms with Crippen LogP contribution < -0.4 is 4.74 Å². The number of aryl methyl sites for hydroxylation is 1. The van der Waals surface area contributed by atoms with Gasteiger partial charge in [-0.2, -0.15) is 22.0 Å². The van der Waals surface area contributed by atoms with Gasteiger partial charge in [-0.05, 0) is 24.5 Å². The van der Waals surface area contributed by atoms with Crippen LogP contribution in [-0.2, 0) is 6.42 Å². The van der Waals surface area contributed by atoms with Crippen molar-refractivity contribution in [2.24, 2.45) is 0 Å². The maximum absolute atomic E-state index is 13.0. The highest BCUT2D eigenvalue weighted by atomic mass is 19.4. The van der Waals surface area contributed by atoms with Gasteiger partial charge in [-0.1, -0.05) is 12.1 Å². The first-order valence-corrected chi connectivity index (χ1v) is 5.49. The van der Waals surface area contributed by atoms with Gasteiger partial charge < -0.3 is 4.74 Å². The first-order chi connectivity index (χ1) is 8.75. The van der Waals surface area contributed by atoms with E-state index >= 15 is 0 Å². The van der Waals surface area contributed by atoms with Crippen LogP contribution >= 0.6 is 0 Å². The maximum atomic E-state index is 13.0. The van der Waals surface area contributed by atoms with Crippen LogP contribution in [0, 0.1) is 0 Å². The minimum atomic E-state index is -5.92. The lowest BCUT2D eigenvalue weighted by molar-refractivity contribution is -0.255. The highest BCUT2D eigenvalue weighted by molar-refractivity contribution is 6.04. The average molecular weight is 280 g/mol. The van der Waals surface area contributed by atoms with Gasteiger partial charge in [-0.3, -0.25) is 4.79 Å². The molecule has 0 radical (unpaired) electrons. The molecule has 0 saturated heterocycles. The fourth-order valence-electron chi connectivity index (χ4n) is 1.87. The van der Waals surface area contributed by atoms with Crippen molar-refractivity contribution in [3.63, 3.8) is 0 Å². The zero-order valence-corrected chi connectivity index (χ0v) is 9.56. The molecule has 0 spiro atoms. The number of hydrogen-bond acceptors (Lipinski definition) is 2. The molecule has 0 amide bonds. The third-order valence-electron chi connectivity index (χ3n) is 2.82. The molecule has 2 rings (SSSR count). The van der Waals surface area contributed by atoms with Crippen LogP contribution in [0.1, 0.15) is 22.3 Å². The molecule has 0 N–H and O–H groups in total. The number of hydrogen-bond donors (Lipinski definition) is 0. The van der Waals surface area contributed by atoms with E-state index in [0.29, 0.717) is 18.4 Å². The fourth-order valence-corrected chi connectivity index (χ4v) is 1.87. The van der Waals surface area contributed by atoms with Crippen molar-refractivity contribution in [1.82, 2.24) is 0 Å². The molecule has 0 aliphatic carbocycles. The smallest absolute Gasteiger partial charge is 0.461 e. The molecule has 0 fully saturated rings. The summed E-state index contributed by atoms with van der Waals surface area (Å²) in [5.74, 6) is -7.86. The van der Waals surface area contributed by atoms with E-state index in [-0.39, 0.29) is 12.4 Å². The molecule has 0 atom stereocenters. The first kappa shape index (κ1) is 13.8. The Kier molecular flexibility index (Phi) is 3.24. The second-order valence-corrected chi connectivity index (χ2v) is 4.15. The molecule has 2 nitrogen and oxygen atoms in total. The number of ether oxygens (including phenoxy) is 1. The molecule has 104 valence electrons. The lowest BCUT2D eigenvalue weighted by Gasteiger charge is -2.23. The van der Waals surface area contributed by atoms with Gasteiger partial charge in [0.15, 0.2) is 0 Å². The predicted molar refractivity (Wildman–Crippen MR) is 55.6 cm³/mol. The van der Waals surface area contributed by atoms with Crippen molar-refractivity contribution in [3.05, 3.63) is 29.3 Å². The third kappa shape index (κ3) is 2.29. The summed E-state index contributed by atoms with van der Waals surface area (Å²) in [6, 6.07) is 3.73. The quantitative estimate of drug-likeness (QED) is 0.613. The standard InChI is InChI=1S/C12H9F5O2/c13-11(14,12(15,16)17)10(18)8-5-1-3-7-4-2-6-19-9(7)8/h1,3,5H,2,4,6H2. The lowest BCUT2D eigenvalue weighted by atomic mass is 9.97. The molecule has 1 heterocycles. The normalized spacial score (nSPS) is 15.6. The van der Waals surface area contributed by atoms with Gasteiger partial charge >= 0.3 is 12.1 Å². The van der Waals surface area contributed by atoms with Gasteiger partial charge in [-0.25, -0.2) is 0 Å². The summed E-state index contributed by atoms with van der Waals surface area (Å²) in [7, 11) is 0. The van der Waals surface area contributed by atoms with E-state index in [0.717, 1.165) is 6.07 Å². The fraction of sp³-hybridized carbons (Fsp3) is 0.417. The molecular formula is C12H9F5O2. The number of Topliss-reactive ketones (excluding diaryl/α,β-unsaturated/α-hetero) is 1. The molecule has 1 aromatic rings. The topological polar surface area (TPSA) is 26.3 Å². The van der Waals surface area contributed by atoms with E-state index in [9.17, 15) is 26.7 Å². The highest BCUT2D eigenvalue weighted by Crippen LogP contribution is 2.40. The number of halogens is 5. The van der Waals surface area contributed by atoms with E-state index in [2.05, 4.69) is 0 Å². The molecule has 0 bridgehead atoms. The summed E-state index contributed by atoms with van der Waals surface area (Å²) >= 11 is 0. The van der Waals surface area contributed by atoms with Crippen LogP contribution in [0.3, 0.4) is 0 Å². The van der Waals surface area contributed by atoms with Crippen LogP contribution in [-0.4, -0.2) is 24.5 Å². The number of ketones is 1. The summed E-state index contributed by atoms with van der Waals surface area (Å²) in [4.78, 5) is 11.4. The minimum Gasteiger partial charge on any atom is -0.493 e. The van der Waals surface area contributed by atoms with E-state index in [1.165, 1.54) is 12.1 Å². The SMILES string of the molecule is O=C(c1cccc2c1OCCC2)C(F)(F)C(F)(F)F. The Morgan fingerprint density at radius 3 is 2.47 bits per heavy atom. The van der Waals surface area contributed by atoms with Crippen LogP contribution in [0.2, 0.25) is 0 Å². The Balaban J connectivity index is 2.46. The van der Waals surface area contributed by atoms with Crippen molar-refractivity contribution >= 4 is 5.78 Å². The Labute approximate surface area is 105 Å². The van der Waals surface area contributed by atoms with E-state index < -0.39 is 23.4 Å². The van der Waals surface area contributed by atoms with E-state index in [1.54, 1.807) is 0 Å². The van der Waals surface area contributed by atoms with Crippen molar-refractivity contribution in [2.45, 2.75) is 24.9 Å². The van der Waals surface area contributed by atoms with Crippen molar-refractivity contribution in [2.75, 3.05) is 6.61 Å². The van der Waals surface area contributed by atoms with Crippen LogP contribution in [0.25, 0.3) is 0 Å². The van der Waals surface area contributed by atoms with Crippen LogP contribution in [0.4, 0.5) is 22.0 Å². The van der Waals surface area contributed by atoms with Gasteiger partial charge in [0.05, 0.1) is 12.2 Å². The molecule has 0 aromatic heterocycles. The monoisotopic (exact) mass is 280 g/mol. The molecule has 1 aliphatic rings. The molecular weight excluding hydrogens is 271 g/mol. The Hall–Kier alpha value is -1.66. The summed E-state index contributed by atoms with van der Waals surface area (Å²) < 4.78 is 67.7. The summed E-state index contributed by atoms with van der Waals surface area (Å²) in [5.41, 5.74) is -0.255. The zero-order chi connectivity index (χ0) is 14.3. The van der Waals surface area contributed by atoms with Gasteiger partial charge in [0.1, 0.15) is 5.75 Å². The van der Waals surface area contributed by atoms with Crippen molar-refractivity contribution in [3.8, 4) is 5.75 Å². The molecule has 7 heteroatoms. The van der Waals surface area contributed by atoms with E-state index in [1.807, 2.05) is 0 Å². The highest BCUT2D eigenvalue weighted by Gasteiger charge is 2.63. The number of carbonyl (C=O) groups excluding carboxylic acids is 1. The molecule has 19 heavy (non-hydrogen) atoms. The predicted octanol–water partition coefficient (Wildman–Crippen LogP) is 3.39. The number of benzene rings is 1. The zero-order valence-electron chi connectivity index (χ0n) is 9.56. The third-order valence-corrected chi connectivity index (χ3v) is 2.82. The molecule has 0 unspecified atom stereocenters.